The van der Waals surface area contributed by atoms with Crippen LogP contribution in [0.2, 0.25) is 0 Å². The highest BCUT2D eigenvalue weighted by atomic mass is 79.9. The molecule has 1 aromatic carbocycles. The fraction of sp³-hybridized carbons (Fsp3) is 0.167. The maximum Gasteiger partial charge on any atom is 0.364 e. The van der Waals surface area contributed by atoms with Crippen LogP contribution in [-0.2, 0) is 6.54 Å². The van der Waals surface area contributed by atoms with Gasteiger partial charge in [0.2, 0.25) is 0 Å². The van der Waals surface area contributed by atoms with Crippen molar-refractivity contribution in [2.24, 2.45) is 0 Å². The minimum atomic E-state index is -0.521. The number of nitrogen functional groups attached to an aromatic ring is 1. The van der Waals surface area contributed by atoms with E-state index in [0.29, 0.717) is 18.1 Å². The van der Waals surface area contributed by atoms with Gasteiger partial charge in [-0.3, -0.25) is 0 Å². The molecular weight excluding hydrogens is 298 g/mol. The number of carbonyl (C=O) groups is 1. The zero-order valence-corrected chi connectivity index (χ0v) is 11.3. The van der Waals surface area contributed by atoms with Crippen LogP contribution in [0.5, 0.6) is 5.75 Å². The van der Waals surface area contributed by atoms with Crippen LogP contribution in [0.4, 0.5) is 5.82 Å². The lowest BCUT2D eigenvalue weighted by Gasteiger charge is -2.02. The molecule has 1 aromatic heterocycles. The number of rotatable bonds is 3. The van der Waals surface area contributed by atoms with E-state index >= 15 is 0 Å². The van der Waals surface area contributed by atoms with Crippen molar-refractivity contribution in [1.29, 1.82) is 0 Å². The lowest BCUT2D eigenvalue weighted by atomic mass is 10.3. The Morgan fingerprint density at radius 3 is 2.89 bits per heavy atom. The van der Waals surface area contributed by atoms with E-state index in [1.807, 2.05) is 13.0 Å². The van der Waals surface area contributed by atoms with Crippen molar-refractivity contribution in [2.45, 2.75) is 13.5 Å². The standard InChI is InChI=1S/C12H12BrN3O2/c1-2-16-11(14)7-10(15-16)12(17)18-9-5-3-4-8(13)6-9/h3-7H,2,14H2,1H3. The number of halogens is 1. The first-order valence-electron chi connectivity index (χ1n) is 5.41. The molecule has 0 atom stereocenters. The van der Waals surface area contributed by atoms with Gasteiger partial charge in [0.15, 0.2) is 5.69 Å². The van der Waals surface area contributed by atoms with E-state index in [9.17, 15) is 4.79 Å². The van der Waals surface area contributed by atoms with Gasteiger partial charge < -0.3 is 10.5 Å². The minimum Gasteiger partial charge on any atom is -0.422 e. The summed E-state index contributed by atoms with van der Waals surface area (Å²) in [6.07, 6.45) is 0. The van der Waals surface area contributed by atoms with Crippen molar-refractivity contribution in [3.05, 3.63) is 40.5 Å². The third kappa shape index (κ3) is 2.70. The van der Waals surface area contributed by atoms with Crippen LogP contribution in [0.1, 0.15) is 17.4 Å². The third-order valence-corrected chi connectivity index (χ3v) is 2.82. The van der Waals surface area contributed by atoms with Crippen molar-refractivity contribution in [3.63, 3.8) is 0 Å². The van der Waals surface area contributed by atoms with Gasteiger partial charge in [0.25, 0.3) is 0 Å². The molecule has 0 aliphatic rings. The van der Waals surface area contributed by atoms with Gasteiger partial charge in [0, 0.05) is 17.1 Å². The lowest BCUT2D eigenvalue weighted by molar-refractivity contribution is 0.0727. The number of benzene rings is 1. The SMILES string of the molecule is CCn1nc(C(=O)Oc2cccc(Br)c2)cc1N. The van der Waals surface area contributed by atoms with E-state index in [1.54, 1.807) is 18.2 Å². The number of nitrogens with two attached hydrogens (primary N) is 1. The summed E-state index contributed by atoms with van der Waals surface area (Å²) in [7, 11) is 0. The van der Waals surface area contributed by atoms with E-state index in [1.165, 1.54) is 10.7 Å². The molecule has 6 heteroatoms. The van der Waals surface area contributed by atoms with Gasteiger partial charge in [0.05, 0.1) is 0 Å². The maximum absolute atomic E-state index is 11.8. The lowest BCUT2D eigenvalue weighted by Crippen LogP contribution is -2.10. The summed E-state index contributed by atoms with van der Waals surface area (Å²) in [5, 5.41) is 4.05. The summed E-state index contributed by atoms with van der Waals surface area (Å²) >= 11 is 3.30. The van der Waals surface area contributed by atoms with Crippen molar-refractivity contribution >= 4 is 27.7 Å². The molecule has 2 N–H and O–H groups in total. The Kier molecular flexibility index (Phi) is 3.66. The van der Waals surface area contributed by atoms with Gasteiger partial charge in [0.1, 0.15) is 11.6 Å². The number of hydrogen-bond acceptors (Lipinski definition) is 4. The molecule has 0 saturated heterocycles. The van der Waals surface area contributed by atoms with E-state index in [0.717, 1.165) is 4.47 Å². The van der Waals surface area contributed by atoms with Crippen molar-refractivity contribution in [3.8, 4) is 5.75 Å². The molecule has 0 fully saturated rings. The zero-order chi connectivity index (χ0) is 13.1. The van der Waals surface area contributed by atoms with Crippen LogP contribution < -0.4 is 10.5 Å². The van der Waals surface area contributed by atoms with E-state index < -0.39 is 5.97 Å². The monoisotopic (exact) mass is 309 g/mol. The molecule has 18 heavy (non-hydrogen) atoms. The average Bonchev–Trinajstić information content (AvgIpc) is 2.70. The fourth-order valence-corrected chi connectivity index (χ4v) is 1.85. The number of anilines is 1. The number of esters is 1. The quantitative estimate of drug-likeness (QED) is 0.698. The van der Waals surface area contributed by atoms with E-state index in [2.05, 4.69) is 21.0 Å². The van der Waals surface area contributed by atoms with Crippen molar-refractivity contribution in [2.75, 3.05) is 5.73 Å². The highest BCUT2D eigenvalue weighted by Crippen LogP contribution is 2.19. The molecule has 0 aliphatic heterocycles. The summed E-state index contributed by atoms with van der Waals surface area (Å²) in [5.41, 5.74) is 5.90. The maximum atomic E-state index is 11.8. The van der Waals surface area contributed by atoms with E-state index in [4.69, 9.17) is 10.5 Å². The highest BCUT2D eigenvalue weighted by molar-refractivity contribution is 9.10. The molecule has 2 aromatic rings. The van der Waals surface area contributed by atoms with Crippen LogP contribution in [0.15, 0.2) is 34.8 Å². The van der Waals surface area contributed by atoms with Gasteiger partial charge >= 0.3 is 5.97 Å². The summed E-state index contributed by atoms with van der Waals surface area (Å²) in [6, 6.07) is 8.54. The molecule has 1 heterocycles. The second-order valence-corrected chi connectivity index (χ2v) is 4.53. The smallest absolute Gasteiger partial charge is 0.364 e. The Morgan fingerprint density at radius 2 is 2.28 bits per heavy atom. The molecule has 94 valence electrons. The third-order valence-electron chi connectivity index (χ3n) is 2.33. The summed E-state index contributed by atoms with van der Waals surface area (Å²) in [6.45, 7) is 2.50. The molecule has 0 unspecified atom stereocenters. The minimum absolute atomic E-state index is 0.203. The molecule has 0 aliphatic carbocycles. The molecule has 0 spiro atoms. The van der Waals surface area contributed by atoms with Crippen LogP contribution in [0.25, 0.3) is 0 Å². The Hall–Kier alpha value is -1.82. The summed E-state index contributed by atoms with van der Waals surface area (Å²) < 4.78 is 7.57. The normalized spacial score (nSPS) is 10.3. The van der Waals surface area contributed by atoms with Crippen molar-refractivity contribution in [1.82, 2.24) is 9.78 Å². The molecule has 2 rings (SSSR count). The highest BCUT2D eigenvalue weighted by Gasteiger charge is 2.14. The first-order chi connectivity index (χ1) is 8.60. The molecular formula is C12H12BrN3O2. The van der Waals surface area contributed by atoms with E-state index in [-0.39, 0.29) is 5.69 Å². The second-order valence-electron chi connectivity index (χ2n) is 3.62. The number of ether oxygens (including phenoxy) is 1. The largest absolute Gasteiger partial charge is 0.422 e. The fourth-order valence-electron chi connectivity index (χ4n) is 1.47. The van der Waals surface area contributed by atoms with Crippen LogP contribution in [-0.4, -0.2) is 15.7 Å². The van der Waals surface area contributed by atoms with Gasteiger partial charge in [-0.05, 0) is 25.1 Å². The molecule has 0 saturated carbocycles. The Morgan fingerprint density at radius 1 is 1.50 bits per heavy atom. The van der Waals surface area contributed by atoms with Crippen LogP contribution >= 0.6 is 15.9 Å². The van der Waals surface area contributed by atoms with Gasteiger partial charge in [-0.1, -0.05) is 22.0 Å². The first kappa shape index (κ1) is 12.6. The predicted molar refractivity (Wildman–Crippen MR) is 71.4 cm³/mol. The van der Waals surface area contributed by atoms with Crippen molar-refractivity contribution < 1.29 is 9.53 Å². The zero-order valence-electron chi connectivity index (χ0n) is 9.76. The Balaban J connectivity index is 2.16. The topological polar surface area (TPSA) is 70.1 Å². The van der Waals surface area contributed by atoms with Gasteiger partial charge in [-0.25, -0.2) is 9.48 Å². The van der Waals surface area contributed by atoms with Gasteiger partial charge in [-0.15, -0.1) is 0 Å². The van der Waals surface area contributed by atoms with Crippen LogP contribution in [0.3, 0.4) is 0 Å². The second kappa shape index (κ2) is 5.22. The first-order valence-corrected chi connectivity index (χ1v) is 6.20. The predicted octanol–water partition coefficient (Wildman–Crippen LogP) is 2.47. The number of aromatic nitrogens is 2. The number of hydrogen-bond donors (Lipinski definition) is 1. The average molecular weight is 310 g/mol. The summed E-state index contributed by atoms with van der Waals surface area (Å²) in [4.78, 5) is 11.8. The van der Waals surface area contributed by atoms with Gasteiger partial charge in [-0.2, -0.15) is 5.10 Å². The number of nitrogens with zero attached hydrogens (tertiary/aromatic N) is 2. The molecule has 0 amide bonds. The Labute approximate surface area is 113 Å². The number of carbonyl (C=O) groups excluding carboxylic acids is 1. The summed E-state index contributed by atoms with van der Waals surface area (Å²) in [5.74, 6) is 0.379. The van der Waals surface area contributed by atoms with Crippen LogP contribution in [0, 0.1) is 0 Å². The molecule has 0 radical (unpaired) electrons. The Bertz CT molecular complexity index is 580. The molecule has 5 nitrogen and oxygen atoms in total. The molecule has 0 bridgehead atoms. The number of aryl methyl sites for hydroxylation is 1.